The number of nitrogens with two attached hydrogens (primary N) is 2. The van der Waals surface area contributed by atoms with E-state index in [0.29, 0.717) is 12.0 Å². The number of nitrogens with zero attached hydrogens (tertiary/aromatic N) is 1. The molecule has 2 rings (SSSR count). The molecule has 0 bridgehead atoms. The van der Waals surface area contributed by atoms with E-state index in [1.165, 1.54) is 25.7 Å². The number of nitrogens with one attached hydrogen (secondary N) is 1. The molecule has 1 heterocycles. The molecule has 4 nitrogen and oxygen atoms in total. The fourth-order valence-corrected chi connectivity index (χ4v) is 2.90. The zero-order valence-electron chi connectivity index (χ0n) is 11.1. The van der Waals surface area contributed by atoms with E-state index in [2.05, 4.69) is 17.3 Å². The zero-order valence-corrected chi connectivity index (χ0v) is 11.1. The van der Waals surface area contributed by atoms with Gasteiger partial charge >= 0.3 is 0 Å². The number of hydrogen-bond donors (Lipinski definition) is 3. The van der Waals surface area contributed by atoms with Crippen molar-refractivity contribution in [2.24, 2.45) is 17.7 Å². The minimum Gasteiger partial charge on any atom is -0.398 e. The van der Waals surface area contributed by atoms with Crippen LogP contribution in [0.15, 0.2) is 18.5 Å². The number of hydrogen-bond acceptors (Lipinski definition) is 4. The molecule has 5 N–H and O–H groups in total. The molecule has 1 aliphatic carbocycles. The van der Waals surface area contributed by atoms with Crippen LogP contribution < -0.4 is 17.0 Å². The molecule has 1 saturated carbocycles. The average Bonchev–Trinajstić information content (AvgIpc) is 2.39. The van der Waals surface area contributed by atoms with Crippen molar-refractivity contribution in [2.45, 2.75) is 45.1 Å². The molecule has 18 heavy (non-hydrogen) atoms. The average molecular weight is 248 g/mol. The van der Waals surface area contributed by atoms with Crippen molar-refractivity contribution in [3.8, 4) is 0 Å². The Morgan fingerprint density at radius 2 is 2.11 bits per heavy atom. The highest BCUT2D eigenvalue weighted by Gasteiger charge is 2.25. The summed E-state index contributed by atoms with van der Waals surface area (Å²) in [6.45, 7) is 2.33. The van der Waals surface area contributed by atoms with Crippen molar-refractivity contribution in [3.63, 3.8) is 0 Å². The highest BCUT2D eigenvalue weighted by Crippen LogP contribution is 2.31. The van der Waals surface area contributed by atoms with Crippen LogP contribution in [-0.4, -0.2) is 11.0 Å². The summed E-state index contributed by atoms with van der Waals surface area (Å²) in [5, 5.41) is 0. The summed E-state index contributed by atoms with van der Waals surface area (Å²) >= 11 is 0. The Morgan fingerprint density at radius 1 is 1.39 bits per heavy atom. The topological polar surface area (TPSA) is 77.0 Å². The molecule has 1 aromatic heterocycles. The maximum absolute atomic E-state index is 5.97. The predicted octanol–water partition coefficient (Wildman–Crippen LogP) is 1.86. The molecule has 1 aliphatic rings. The molecule has 1 atom stereocenters. The standard InChI is InChI=1S/C14H24N4/c1-10-2-4-11(5-3-10)14(18-16)8-12-9-17-7-6-13(12)15/h6-7,9-11,14,18H,2-5,8,16H2,1H3,(H2,15,17). The fourth-order valence-electron chi connectivity index (χ4n) is 2.90. The maximum atomic E-state index is 5.97. The van der Waals surface area contributed by atoms with Gasteiger partial charge in [-0.3, -0.25) is 16.3 Å². The first-order valence-electron chi connectivity index (χ1n) is 6.85. The van der Waals surface area contributed by atoms with Crippen molar-refractivity contribution in [2.75, 3.05) is 5.73 Å². The lowest BCUT2D eigenvalue weighted by Crippen LogP contribution is -2.43. The number of hydrazine groups is 1. The van der Waals surface area contributed by atoms with Crippen LogP contribution in [0.2, 0.25) is 0 Å². The second-order valence-electron chi connectivity index (χ2n) is 5.57. The van der Waals surface area contributed by atoms with E-state index in [-0.39, 0.29) is 0 Å². The van der Waals surface area contributed by atoms with Crippen LogP contribution in [0.25, 0.3) is 0 Å². The molecule has 1 fully saturated rings. The summed E-state index contributed by atoms with van der Waals surface area (Å²) in [6, 6.07) is 2.16. The predicted molar refractivity (Wildman–Crippen MR) is 74.6 cm³/mol. The Bertz CT molecular complexity index is 372. The largest absolute Gasteiger partial charge is 0.398 e. The Labute approximate surface area is 109 Å². The van der Waals surface area contributed by atoms with Gasteiger partial charge in [-0.15, -0.1) is 0 Å². The van der Waals surface area contributed by atoms with Crippen molar-refractivity contribution < 1.29 is 0 Å². The van der Waals surface area contributed by atoms with Crippen LogP contribution in [0, 0.1) is 11.8 Å². The van der Waals surface area contributed by atoms with Gasteiger partial charge in [0.05, 0.1) is 0 Å². The Balaban J connectivity index is 1.99. The highest BCUT2D eigenvalue weighted by atomic mass is 15.2. The molecule has 100 valence electrons. The second-order valence-corrected chi connectivity index (χ2v) is 5.57. The molecular formula is C14H24N4. The van der Waals surface area contributed by atoms with E-state index in [1.807, 2.05) is 12.3 Å². The number of rotatable bonds is 4. The normalized spacial score (nSPS) is 25.9. The van der Waals surface area contributed by atoms with Gasteiger partial charge in [-0.1, -0.05) is 19.8 Å². The quantitative estimate of drug-likeness (QED) is 0.561. The smallest absolute Gasteiger partial charge is 0.0378 e. The first kappa shape index (κ1) is 13.3. The fraction of sp³-hybridized carbons (Fsp3) is 0.643. The third kappa shape index (κ3) is 3.21. The van der Waals surface area contributed by atoms with Gasteiger partial charge < -0.3 is 5.73 Å². The van der Waals surface area contributed by atoms with E-state index < -0.39 is 0 Å². The van der Waals surface area contributed by atoms with Crippen molar-refractivity contribution in [1.82, 2.24) is 10.4 Å². The molecule has 1 aromatic rings. The Hall–Kier alpha value is -1.13. The number of aromatic nitrogens is 1. The van der Waals surface area contributed by atoms with Crippen LogP contribution >= 0.6 is 0 Å². The van der Waals surface area contributed by atoms with Crippen molar-refractivity contribution in [3.05, 3.63) is 24.0 Å². The maximum Gasteiger partial charge on any atom is 0.0378 e. The van der Waals surface area contributed by atoms with Crippen molar-refractivity contribution >= 4 is 5.69 Å². The van der Waals surface area contributed by atoms with Gasteiger partial charge in [0.25, 0.3) is 0 Å². The molecule has 0 amide bonds. The highest BCUT2D eigenvalue weighted by molar-refractivity contribution is 5.44. The van der Waals surface area contributed by atoms with Gasteiger partial charge in [-0.05, 0) is 42.7 Å². The molecule has 1 unspecified atom stereocenters. The molecular weight excluding hydrogens is 224 g/mol. The van der Waals surface area contributed by atoms with E-state index in [0.717, 1.165) is 23.6 Å². The minimum absolute atomic E-state index is 0.309. The second kappa shape index (κ2) is 6.16. The minimum atomic E-state index is 0.309. The zero-order chi connectivity index (χ0) is 13.0. The van der Waals surface area contributed by atoms with Gasteiger partial charge in [0.2, 0.25) is 0 Å². The van der Waals surface area contributed by atoms with E-state index in [1.54, 1.807) is 6.20 Å². The monoisotopic (exact) mass is 248 g/mol. The third-order valence-corrected chi connectivity index (χ3v) is 4.22. The van der Waals surface area contributed by atoms with E-state index in [4.69, 9.17) is 11.6 Å². The summed E-state index contributed by atoms with van der Waals surface area (Å²) in [5.74, 6) is 7.25. The summed E-state index contributed by atoms with van der Waals surface area (Å²) in [5.41, 5.74) is 10.9. The first-order valence-corrected chi connectivity index (χ1v) is 6.85. The van der Waals surface area contributed by atoms with Crippen LogP contribution in [0.3, 0.4) is 0 Å². The molecule has 0 saturated heterocycles. The van der Waals surface area contributed by atoms with Gasteiger partial charge in [-0.2, -0.15) is 0 Å². The summed E-state index contributed by atoms with van der Waals surface area (Å²) in [4.78, 5) is 4.14. The lowest BCUT2D eigenvalue weighted by atomic mass is 9.78. The number of anilines is 1. The molecule has 0 radical (unpaired) electrons. The third-order valence-electron chi connectivity index (χ3n) is 4.22. The lowest BCUT2D eigenvalue weighted by molar-refractivity contribution is 0.229. The number of nitrogen functional groups attached to an aromatic ring is 1. The summed E-state index contributed by atoms with van der Waals surface area (Å²) < 4.78 is 0. The van der Waals surface area contributed by atoms with Crippen LogP contribution in [0.1, 0.15) is 38.2 Å². The van der Waals surface area contributed by atoms with Crippen LogP contribution in [0.4, 0.5) is 5.69 Å². The first-order chi connectivity index (χ1) is 8.70. The lowest BCUT2D eigenvalue weighted by Gasteiger charge is -2.32. The molecule has 4 heteroatoms. The van der Waals surface area contributed by atoms with Gasteiger partial charge in [-0.25, -0.2) is 0 Å². The number of pyridine rings is 1. The van der Waals surface area contributed by atoms with Crippen molar-refractivity contribution in [1.29, 1.82) is 0 Å². The van der Waals surface area contributed by atoms with Crippen LogP contribution in [-0.2, 0) is 6.42 Å². The van der Waals surface area contributed by atoms with E-state index in [9.17, 15) is 0 Å². The van der Waals surface area contributed by atoms with Gasteiger partial charge in [0.1, 0.15) is 0 Å². The molecule has 0 aliphatic heterocycles. The molecule has 0 aromatic carbocycles. The Kier molecular flexibility index (Phi) is 4.55. The molecule has 0 spiro atoms. The Morgan fingerprint density at radius 3 is 2.72 bits per heavy atom. The van der Waals surface area contributed by atoms with Gasteiger partial charge in [0.15, 0.2) is 0 Å². The summed E-state index contributed by atoms with van der Waals surface area (Å²) in [6.07, 6.45) is 9.59. The summed E-state index contributed by atoms with van der Waals surface area (Å²) in [7, 11) is 0. The van der Waals surface area contributed by atoms with Gasteiger partial charge in [0, 0.05) is 24.1 Å². The van der Waals surface area contributed by atoms with Crippen LogP contribution in [0.5, 0.6) is 0 Å². The van der Waals surface area contributed by atoms with E-state index >= 15 is 0 Å². The SMILES string of the molecule is CC1CCC(C(Cc2cnccc2N)NN)CC1.